The number of benzene rings is 1. The lowest BCUT2D eigenvalue weighted by molar-refractivity contribution is -0.128. The van der Waals surface area contributed by atoms with E-state index in [1.165, 1.54) is 4.90 Å². The van der Waals surface area contributed by atoms with E-state index in [9.17, 15) is 13.2 Å². The Balaban J connectivity index is 2.12. The standard InChI is InChI=1S/C12H17N3O3S/c1-8-4-9(2-3-11(8)13)6-15-7-10(5-12(15)16)19(14,17)18/h2-4,10H,5-7,13H2,1H3,(H2,14,17,18). The van der Waals surface area contributed by atoms with Gasteiger partial charge in [0.15, 0.2) is 0 Å². The molecule has 0 bridgehead atoms. The van der Waals surface area contributed by atoms with Gasteiger partial charge in [-0.1, -0.05) is 12.1 Å². The molecule has 1 aliphatic heterocycles. The molecule has 1 heterocycles. The molecule has 4 N–H and O–H groups in total. The van der Waals surface area contributed by atoms with Crippen molar-refractivity contribution in [2.75, 3.05) is 12.3 Å². The second kappa shape index (κ2) is 4.82. The number of nitrogens with two attached hydrogens (primary N) is 2. The summed E-state index contributed by atoms with van der Waals surface area (Å²) in [6.45, 7) is 2.42. The highest BCUT2D eigenvalue weighted by Gasteiger charge is 2.36. The number of hydrogen-bond acceptors (Lipinski definition) is 4. The van der Waals surface area contributed by atoms with E-state index < -0.39 is 15.3 Å². The number of sulfonamides is 1. The molecule has 0 saturated carbocycles. The molecule has 6 nitrogen and oxygen atoms in total. The van der Waals surface area contributed by atoms with Crippen LogP contribution in [-0.2, 0) is 21.4 Å². The molecule has 7 heteroatoms. The molecule has 1 atom stereocenters. The zero-order valence-corrected chi connectivity index (χ0v) is 11.5. The van der Waals surface area contributed by atoms with Crippen LogP contribution in [0.5, 0.6) is 0 Å². The van der Waals surface area contributed by atoms with Gasteiger partial charge in [-0.3, -0.25) is 4.79 Å². The Bertz CT molecular complexity index is 613. The number of primary sulfonamides is 1. The molecule has 0 radical (unpaired) electrons. The van der Waals surface area contributed by atoms with Crippen molar-refractivity contribution in [3.63, 3.8) is 0 Å². The Labute approximate surface area is 112 Å². The molecule has 1 aromatic carbocycles. The summed E-state index contributed by atoms with van der Waals surface area (Å²) in [4.78, 5) is 13.3. The molecule has 1 amide bonds. The summed E-state index contributed by atoms with van der Waals surface area (Å²) in [5, 5.41) is 4.28. The average molecular weight is 283 g/mol. The smallest absolute Gasteiger partial charge is 0.224 e. The second-order valence-electron chi connectivity index (χ2n) is 4.88. The maximum absolute atomic E-state index is 11.8. The highest BCUT2D eigenvalue weighted by Crippen LogP contribution is 2.20. The lowest BCUT2D eigenvalue weighted by Gasteiger charge is -2.17. The number of nitrogens with zero attached hydrogens (tertiary/aromatic N) is 1. The Morgan fingerprint density at radius 2 is 2.11 bits per heavy atom. The van der Waals surface area contributed by atoms with Gasteiger partial charge in [0.25, 0.3) is 0 Å². The molecule has 1 saturated heterocycles. The lowest BCUT2D eigenvalue weighted by atomic mass is 10.1. The number of anilines is 1. The normalized spacial score (nSPS) is 20.0. The summed E-state index contributed by atoms with van der Waals surface area (Å²) in [5.41, 5.74) is 8.28. The average Bonchev–Trinajstić information content (AvgIpc) is 2.65. The minimum Gasteiger partial charge on any atom is -0.399 e. The number of amides is 1. The number of carbonyl (C=O) groups excluding carboxylic acids is 1. The van der Waals surface area contributed by atoms with Crippen molar-refractivity contribution in [1.29, 1.82) is 0 Å². The Kier molecular flexibility index (Phi) is 3.51. The van der Waals surface area contributed by atoms with Crippen LogP contribution < -0.4 is 10.9 Å². The fraction of sp³-hybridized carbons (Fsp3) is 0.417. The molecular formula is C12H17N3O3S. The third kappa shape index (κ3) is 3.05. The van der Waals surface area contributed by atoms with E-state index in [0.717, 1.165) is 11.1 Å². The van der Waals surface area contributed by atoms with Crippen LogP contribution in [0.25, 0.3) is 0 Å². The molecule has 2 rings (SSSR count). The molecular weight excluding hydrogens is 266 g/mol. The molecule has 104 valence electrons. The molecule has 1 aromatic rings. The number of aryl methyl sites for hydroxylation is 1. The van der Waals surface area contributed by atoms with Gasteiger partial charge in [-0.2, -0.15) is 0 Å². The molecule has 0 aliphatic carbocycles. The minimum atomic E-state index is -3.66. The Hall–Kier alpha value is -1.60. The zero-order valence-electron chi connectivity index (χ0n) is 10.7. The third-order valence-electron chi connectivity index (χ3n) is 3.35. The van der Waals surface area contributed by atoms with Crippen LogP contribution in [0.3, 0.4) is 0 Å². The molecule has 1 aliphatic rings. The van der Waals surface area contributed by atoms with Gasteiger partial charge in [-0.15, -0.1) is 0 Å². The largest absolute Gasteiger partial charge is 0.399 e. The number of likely N-dealkylation sites (tertiary alicyclic amines) is 1. The van der Waals surface area contributed by atoms with E-state index >= 15 is 0 Å². The Morgan fingerprint density at radius 3 is 2.63 bits per heavy atom. The van der Waals surface area contributed by atoms with Gasteiger partial charge in [0.1, 0.15) is 5.25 Å². The van der Waals surface area contributed by atoms with Gasteiger partial charge in [0.2, 0.25) is 15.9 Å². The maximum atomic E-state index is 11.8. The van der Waals surface area contributed by atoms with Crippen LogP contribution in [0.15, 0.2) is 18.2 Å². The number of carbonyl (C=O) groups is 1. The zero-order chi connectivity index (χ0) is 14.2. The molecule has 1 unspecified atom stereocenters. The highest BCUT2D eigenvalue weighted by molar-refractivity contribution is 7.89. The number of hydrogen-bond donors (Lipinski definition) is 2. The summed E-state index contributed by atoms with van der Waals surface area (Å²) in [5.74, 6) is -0.187. The summed E-state index contributed by atoms with van der Waals surface area (Å²) in [6, 6.07) is 5.51. The van der Waals surface area contributed by atoms with Crippen LogP contribution in [0.2, 0.25) is 0 Å². The fourth-order valence-corrected chi connectivity index (χ4v) is 2.93. The van der Waals surface area contributed by atoms with Gasteiger partial charge in [0, 0.05) is 25.2 Å². The van der Waals surface area contributed by atoms with Gasteiger partial charge in [0.05, 0.1) is 0 Å². The fourth-order valence-electron chi connectivity index (χ4n) is 2.17. The van der Waals surface area contributed by atoms with E-state index in [1.54, 1.807) is 6.07 Å². The van der Waals surface area contributed by atoms with E-state index in [0.29, 0.717) is 12.2 Å². The lowest BCUT2D eigenvalue weighted by Crippen LogP contribution is -2.31. The Morgan fingerprint density at radius 1 is 1.42 bits per heavy atom. The predicted octanol–water partition coefficient (Wildman–Crippen LogP) is -0.0334. The maximum Gasteiger partial charge on any atom is 0.224 e. The molecule has 0 aromatic heterocycles. The van der Waals surface area contributed by atoms with Crippen molar-refractivity contribution < 1.29 is 13.2 Å². The molecule has 1 fully saturated rings. The van der Waals surface area contributed by atoms with Crippen LogP contribution in [0.4, 0.5) is 5.69 Å². The molecule has 19 heavy (non-hydrogen) atoms. The quantitative estimate of drug-likeness (QED) is 0.759. The first-order valence-corrected chi connectivity index (χ1v) is 7.52. The van der Waals surface area contributed by atoms with E-state index in [4.69, 9.17) is 10.9 Å². The van der Waals surface area contributed by atoms with Crippen molar-refractivity contribution in [1.82, 2.24) is 4.90 Å². The predicted molar refractivity (Wildman–Crippen MR) is 72.5 cm³/mol. The second-order valence-corrected chi connectivity index (χ2v) is 6.73. The van der Waals surface area contributed by atoms with Gasteiger partial charge in [-0.05, 0) is 24.1 Å². The van der Waals surface area contributed by atoms with Gasteiger partial charge in [-0.25, -0.2) is 13.6 Å². The summed E-state index contributed by atoms with van der Waals surface area (Å²) < 4.78 is 22.5. The SMILES string of the molecule is Cc1cc(CN2CC(S(N)(=O)=O)CC2=O)ccc1N. The van der Waals surface area contributed by atoms with Crippen LogP contribution in [0, 0.1) is 6.92 Å². The van der Waals surface area contributed by atoms with E-state index in [1.807, 2.05) is 19.1 Å². The van der Waals surface area contributed by atoms with Crippen molar-refractivity contribution >= 4 is 21.6 Å². The van der Waals surface area contributed by atoms with Crippen molar-refractivity contribution in [3.8, 4) is 0 Å². The monoisotopic (exact) mass is 283 g/mol. The van der Waals surface area contributed by atoms with Crippen LogP contribution in [-0.4, -0.2) is 31.0 Å². The first kappa shape index (κ1) is 13.8. The topological polar surface area (TPSA) is 106 Å². The van der Waals surface area contributed by atoms with Crippen molar-refractivity contribution in [2.24, 2.45) is 5.14 Å². The van der Waals surface area contributed by atoms with Gasteiger partial charge >= 0.3 is 0 Å². The number of nitrogen functional groups attached to an aromatic ring is 1. The summed E-state index contributed by atoms with van der Waals surface area (Å²) in [7, 11) is -3.66. The molecule has 0 spiro atoms. The van der Waals surface area contributed by atoms with Crippen molar-refractivity contribution in [3.05, 3.63) is 29.3 Å². The van der Waals surface area contributed by atoms with Crippen LogP contribution >= 0.6 is 0 Å². The van der Waals surface area contributed by atoms with Crippen molar-refractivity contribution in [2.45, 2.75) is 25.1 Å². The van der Waals surface area contributed by atoms with Gasteiger partial charge < -0.3 is 10.6 Å². The first-order chi connectivity index (χ1) is 8.77. The first-order valence-electron chi connectivity index (χ1n) is 5.92. The summed E-state index contributed by atoms with van der Waals surface area (Å²) in [6.07, 6.45) is -0.0349. The van der Waals surface area contributed by atoms with E-state index in [-0.39, 0.29) is 18.9 Å². The van der Waals surface area contributed by atoms with E-state index in [2.05, 4.69) is 0 Å². The third-order valence-corrected chi connectivity index (χ3v) is 4.60. The van der Waals surface area contributed by atoms with Crippen LogP contribution in [0.1, 0.15) is 17.5 Å². The summed E-state index contributed by atoms with van der Waals surface area (Å²) >= 11 is 0. The highest BCUT2D eigenvalue weighted by atomic mass is 32.2. The number of rotatable bonds is 3. The minimum absolute atomic E-state index is 0.0349.